The van der Waals surface area contributed by atoms with Gasteiger partial charge in [0.2, 0.25) is 5.91 Å². The van der Waals surface area contributed by atoms with Crippen LogP contribution in [0.2, 0.25) is 5.02 Å². The SMILES string of the molecule is Cc1cccc([C@]23CC[C@@H](C4C(C(=O)Nc5ccc(F)c(Cl)c5)[C@H]4CCCCCN4CCCC4)CC2C3)c1. The van der Waals surface area contributed by atoms with Gasteiger partial charge in [-0.15, -0.1) is 0 Å². The number of unbranched alkanes of at least 4 members (excludes halogenated alkanes) is 2. The molecule has 1 heterocycles. The van der Waals surface area contributed by atoms with E-state index in [-0.39, 0.29) is 16.8 Å². The first kappa shape index (κ1) is 26.3. The Morgan fingerprint density at radius 2 is 1.97 bits per heavy atom. The number of halogens is 2. The van der Waals surface area contributed by atoms with E-state index in [0.717, 1.165) is 12.3 Å². The van der Waals surface area contributed by atoms with E-state index in [1.165, 1.54) is 101 Å². The first-order valence-electron chi connectivity index (χ1n) is 15.0. The van der Waals surface area contributed by atoms with E-state index in [1.54, 1.807) is 6.07 Å². The Bertz CT molecular complexity index is 1160. The molecule has 1 saturated heterocycles. The van der Waals surface area contributed by atoms with Gasteiger partial charge < -0.3 is 10.2 Å². The van der Waals surface area contributed by atoms with Crippen molar-refractivity contribution in [1.82, 2.24) is 4.90 Å². The van der Waals surface area contributed by atoms with E-state index in [1.807, 2.05) is 0 Å². The largest absolute Gasteiger partial charge is 0.326 e. The quantitative estimate of drug-likeness (QED) is 0.312. The molecule has 1 N–H and O–H groups in total. The molecular weight excluding hydrogens is 495 g/mol. The lowest BCUT2D eigenvalue weighted by molar-refractivity contribution is -0.118. The van der Waals surface area contributed by atoms with Gasteiger partial charge >= 0.3 is 0 Å². The predicted molar refractivity (Wildman–Crippen MR) is 153 cm³/mol. The van der Waals surface area contributed by atoms with E-state index < -0.39 is 5.82 Å². The molecule has 38 heavy (non-hydrogen) atoms. The van der Waals surface area contributed by atoms with Crippen LogP contribution in [-0.4, -0.2) is 30.4 Å². The molecule has 0 spiro atoms. The van der Waals surface area contributed by atoms with Crippen molar-refractivity contribution in [3.05, 3.63) is 64.4 Å². The molecule has 0 radical (unpaired) electrons. The first-order chi connectivity index (χ1) is 18.4. The number of carbonyl (C=O) groups is 1. The van der Waals surface area contributed by atoms with Crippen LogP contribution in [0.15, 0.2) is 42.5 Å². The fourth-order valence-corrected chi connectivity index (χ4v) is 8.39. The van der Waals surface area contributed by atoms with Crippen LogP contribution in [0.4, 0.5) is 10.1 Å². The maximum absolute atomic E-state index is 13.6. The molecular formula is C33H42ClFN2O. The van der Waals surface area contributed by atoms with Gasteiger partial charge in [-0.1, -0.05) is 54.3 Å². The summed E-state index contributed by atoms with van der Waals surface area (Å²) in [5.74, 6) is 2.10. The van der Waals surface area contributed by atoms with Crippen LogP contribution in [-0.2, 0) is 10.2 Å². The van der Waals surface area contributed by atoms with Gasteiger partial charge in [-0.05, 0) is 131 Å². The number of fused-ring (bicyclic) bond motifs is 1. The Labute approximate surface area is 232 Å². The summed E-state index contributed by atoms with van der Waals surface area (Å²) < 4.78 is 13.6. The standard InChI is InChI=1S/C33H42ClFN2O/c1-22-8-7-9-24(18-22)33-14-13-23(19-25(33)21-33)30-27(10-3-2-4-15-37-16-5-6-17-37)31(30)32(38)36-26-11-12-29(35)28(34)20-26/h7-9,11-12,18,20,23,25,27,30-31H,2-6,10,13-17,19,21H2,1H3,(H,36,38)/t23-,25?,27+,30?,31?,33-/m1/s1. The number of carbonyl (C=O) groups excluding carboxylic acids is 1. The van der Waals surface area contributed by atoms with Crippen molar-refractivity contribution < 1.29 is 9.18 Å². The number of anilines is 1. The summed E-state index contributed by atoms with van der Waals surface area (Å²) in [6, 6.07) is 13.6. The summed E-state index contributed by atoms with van der Waals surface area (Å²) in [5.41, 5.74) is 3.88. The maximum Gasteiger partial charge on any atom is 0.228 e. The fraction of sp³-hybridized carbons (Fsp3) is 0.606. The van der Waals surface area contributed by atoms with Crippen LogP contribution in [0.25, 0.3) is 0 Å². The Hall–Kier alpha value is -1.91. The molecule has 0 bridgehead atoms. The third-order valence-corrected chi connectivity index (χ3v) is 10.6. The van der Waals surface area contributed by atoms with Crippen molar-refractivity contribution in [3.8, 4) is 0 Å². The predicted octanol–water partition coefficient (Wildman–Crippen LogP) is 8.00. The highest BCUT2D eigenvalue weighted by molar-refractivity contribution is 6.31. The number of rotatable bonds is 10. The van der Waals surface area contributed by atoms with Gasteiger partial charge in [0.25, 0.3) is 0 Å². The molecule has 3 nitrogen and oxygen atoms in total. The topological polar surface area (TPSA) is 32.3 Å². The second-order valence-electron chi connectivity index (χ2n) is 12.7. The molecule has 1 aliphatic heterocycles. The van der Waals surface area contributed by atoms with Crippen molar-refractivity contribution in [2.24, 2.45) is 29.6 Å². The van der Waals surface area contributed by atoms with Gasteiger partial charge in [0.15, 0.2) is 0 Å². The van der Waals surface area contributed by atoms with Gasteiger partial charge in [0.05, 0.1) is 5.02 Å². The molecule has 4 fully saturated rings. The van der Waals surface area contributed by atoms with E-state index >= 15 is 0 Å². The number of benzene rings is 2. The van der Waals surface area contributed by atoms with E-state index in [9.17, 15) is 9.18 Å². The minimum atomic E-state index is -0.454. The van der Waals surface area contributed by atoms with Crippen molar-refractivity contribution in [3.63, 3.8) is 0 Å². The number of aryl methyl sites for hydroxylation is 1. The number of hydrogen-bond donors (Lipinski definition) is 1. The zero-order valence-corrected chi connectivity index (χ0v) is 23.5. The first-order valence-corrected chi connectivity index (χ1v) is 15.4. The summed E-state index contributed by atoms with van der Waals surface area (Å²) in [7, 11) is 0. The summed E-state index contributed by atoms with van der Waals surface area (Å²) in [5, 5.41) is 3.13. The molecule has 4 aliphatic rings. The average molecular weight is 537 g/mol. The van der Waals surface area contributed by atoms with E-state index in [2.05, 4.69) is 41.4 Å². The van der Waals surface area contributed by atoms with Crippen LogP contribution in [0.5, 0.6) is 0 Å². The molecule has 3 saturated carbocycles. The van der Waals surface area contributed by atoms with Crippen LogP contribution in [0.3, 0.4) is 0 Å². The number of nitrogens with one attached hydrogen (secondary N) is 1. The molecule has 6 atom stereocenters. The van der Waals surface area contributed by atoms with Crippen LogP contribution in [0, 0.1) is 42.3 Å². The summed E-state index contributed by atoms with van der Waals surface area (Å²) in [4.78, 5) is 16.1. The second kappa shape index (κ2) is 10.9. The van der Waals surface area contributed by atoms with Crippen molar-refractivity contribution in [2.45, 2.75) is 76.5 Å². The smallest absolute Gasteiger partial charge is 0.228 e. The van der Waals surface area contributed by atoms with Crippen LogP contribution < -0.4 is 5.32 Å². The molecule has 5 heteroatoms. The Morgan fingerprint density at radius 1 is 1.13 bits per heavy atom. The summed E-state index contributed by atoms with van der Waals surface area (Å²) >= 11 is 5.98. The monoisotopic (exact) mass is 536 g/mol. The maximum atomic E-state index is 13.6. The zero-order chi connectivity index (χ0) is 26.3. The number of nitrogens with zero attached hydrogens (tertiary/aromatic N) is 1. The zero-order valence-electron chi connectivity index (χ0n) is 22.7. The minimum absolute atomic E-state index is 0.0539. The van der Waals surface area contributed by atoms with E-state index in [4.69, 9.17) is 11.6 Å². The lowest BCUT2D eigenvalue weighted by Crippen LogP contribution is -2.23. The lowest BCUT2D eigenvalue weighted by Gasteiger charge is -2.29. The highest BCUT2D eigenvalue weighted by Gasteiger charge is 2.63. The third kappa shape index (κ3) is 5.41. The van der Waals surface area contributed by atoms with Crippen molar-refractivity contribution >= 4 is 23.2 Å². The number of amides is 1. The van der Waals surface area contributed by atoms with Gasteiger partial charge in [-0.25, -0.2) is 4.39 Å². The summed E-state index contributed by atoms with van der Waals surface area (Å²) in [6.45, 7) is 5.97. The number of hydrogen-bond acceptors (Lipinski definition) is 2. The van der Waals surface area contributed by atoms with Gasteiger partial charge in [0.1, 0.15) is 5.82 Å². The number of likely N-dealkylation sites (tertiary alicyclic amines) is 1. The lowest BCUT2D eigenvalue weighted by atomic mass is 9.75. The van der Waals surface area contributed by atoms with Crippen molar-refractivity contribution in [2.75, 3.05) is 25.0 Å². The molecule has 6 rings (SSSR count). The molecule has 3 unspecified atom stereocenters. The van der Waals surface area contributed by atoms with Gasteiger partial charge in [-0.3, -0.25) is 4.79 Å². The van der Waals surface area contributed by atoms with Crippen molar-refractivity contribution in [1.29, 1.82) is 0 Å². The molecule has 2 aromatic carbocycles. The molecule has 3 aliphatic carbocycles. The molecule has 1 amide bonds. The molecule has 2 aromatic rings. The average Bonchev–Trinajstić information content (AvgIpc) is 3.76. The fourth-order valence-electron chi connectivity index (χ4n) is 8.21. The Kier molecular flexibility index (Phi) is 7.57. The highest BCUT2D eigenvalue weighted by atomic mass is 35.5. The molecule has 0 aromatic heterocycles. The Morgan fingerprint density at radius 3 is 2.74 bits per heavy atom. The van der Waals surface area contributed by atoms with Gasteiger partial charge in [0, 0.05) is 11.6 Å². The van der Waals surface area contributed by atoms with Crippen LogP contribution >= 0.6 is 11.6 Å². The van der Waals surface area contributed by atoms with Gasteiger partial charge in [-0.2, -0.15) is 0 Å². The van der Waals surface area contributed by atoms with E-state index in [0.29, 0.717) is 28.9 Å². The molecule has 204 valence electrons. The highest BCUT2D eigenvalue weighted by Crippen LogP contribution is 2.68. The minimum Gasteiger partial charge on any atom is -0.326 e. The normalized spacial score (nSPS) is 32.1. The third-order valence-electron chi connectivity index (χ3n) is 10.3. The second-order valence-corrected chi connectivity index (χ2v) is 13.2. The summed E-state index contributed by atoms with van der Waals surface area (Å²) in [6.07, 6.45) is 12.7. The Balaban J connectivity index is 1.08. The van der Waals surface area contributed by atoms with Crippen LogP contribution in [0.1, 0.15) is 75.3 Å².